The molecule has 0 radical (unpaired) electrons. The predicted octanol–water partition coefficient (Wildman–Crippen LogP) is 2.99. The molecule has 4 nitrogen and oxygen atoms in total. The molecule has 106 valence electrons. The van der Waals surface area contributed by atoms with E-state index < -0.39 is 0 Å². The van der Waals surface area contributed by atoms with Crippen molar-refractivity contribution < 1.29 is 5.21 Å². The average Bonchev–Trinajstić information content (AvgIpc) is 2.45. The quantitative estimate of drug-likeness (QED) is 0.277. The third kappa shape index (κ3) is 3.80. The Labute approximate surface area is 119 Å². The summed E-state index contributed by atoms with van der Waals surface area (Å²) in [5, 5.41) is 12.1. The second-order valence-electron chi connectivity index (χ2n) is 4.73. The minimum atomic E-state index is 0.163. The van der Waals surface area contributed by atoms with Gasteiger partial charge in [-0.05, 0) is 24.3 Å². The van der Waals surface area contributed by atoms with Gasteiger partial charge in [-0.15, -0.1) is 11.8 Å². The summed E-state index contributed by atoms with van der Waals surface area (Å²) < 4.78 is 0. The summed E-state index contributed by atoms with van der Waals surface area (Å²) in [7, 11) is 2.04. The van der Waals surface area contributed by atoms with Gasteiger partial charge in [0.25, 0.3) is 0 Å². The lowest BCUT2D eigenvalue weighted by atomic mass is 10.1. The molecule has 1 rings (SSSR count). The van der Waals surface area contributed by atoms with E-state index in [1.54, 1.807) is 11.8 Å². The van der Waals surface area contributed by atoms with Crippen LogP contribution in [0.2, 0.25) is 0 Å². The fraction of sp³-hybridized carbons (Fsp3) is 0.500. The molecule has 0 fully saturated rings. The fourth-order valence-electron chi connectivity index (χ4n) is 2.01. The first-order valence-corrected chi connectivity index (χ1v) is 7.63. The van der Waals surface area contributed by atoms with Gasteiger partial charge in [-0.3, -0.25) is 0 Å². The van der Waals surface area contributed by atoms with Gasteiger partial charge in [-0.2, -0.15) is 0 Å². The molecular formula is C14H23N3OS. The van der Waals surface area contributed by atoms with Crippen LogP contribution >= 0.6 is 11.8 Å². The van der Waals surface area contributed by atoms with E-state index >= 15 is 0 Å². The van der Waals surface area contributed by atoms with Crippen LogP contribution in [0.3, 0.4) is 0 Å². The monoisotopic (exact) mass is 281 g/mol. The van der Waals surface area contributed by atoms with E-state index in [0.717, 1.165) is 29.1 Å². The van der Waals surface area contributed by atoms with Crippen molar-refractivity contribution in [3.8, 4) is 0 Å². The van der Waals surface area contributed by atoms with Gasteiger partial charge in [-0.1, -0.05) is 31.5 Å². The topological polar surface area (TPSA) is 61.8 Å². The highest BCUT2D eigenvalue weighted by atomic mass is 32.2. The molecule has 0 aliphatic heterocycles. The number of thioether (sulfide) groups is 1. The van der Waals surface area contributed by atoms with Crippen LogP contribution in [0.1, 0.15) is 25.8 Å². The predicted molar refractivity (Wildman–Crippen MR) is 83.5 cm³/mol. The number of hydrogen-bond acceptors (Lipinski definition) is 4. The highest BCUT2D eigenvalue weighted by Gasteiger charge is 2.16. The van der Waals surface area contributed by atoms with E-state index in [1.165, 1.54) is 0 Å². The van der Waals surface area contributed by atoms with Crippen molar-refractivity contribution in [3.05, 3.63) is 23.8 Å². The van der Waals surface area contributed by atoms with Crippen LogP contribution in [0.15, 0.2) is 28.3 Å². The van der Waals surface area contributed by atoms with Crippen LogP contribution in [0.5, 0.6) is 0 Å². The maximum atomic E-state index is 8.98. The SMILES string of the molecule is CCC(C)CN(C)c1cccc(SC)c1/C(N)=N/O. The lowest BCUT2D eigenvalue weighted by Crippen LogP contribution is -2.27. The second kappa shape index (κ2) is 7.28. The zero-order valence-corrected chi connectivity index (χ0v) is 12.9. The Hall–Kier alpha value is -1.36. The summed E-state index contributed by atoms with van der Waals surface area (Å²) in [5.41, 5.74) is 7.64. The molecule has 1 unspecified atom stereocenters. The maximum absolute atomic E-state index is 8.98. The van der Waals surface area contributed by atoms with Crippen LogP contribution in [0.25, 0.3) is 0 Å². The van der Waals surface area contributed by atoms with Crippen LogP contribution in [-0.4, -0.2) is 30.9 Å². The summed E-state index contributed by atoms with van der Waals surface area (Å²) in [6.07, 6.45) is 3.12. The highest BCUT2D eigenvalue weighted by Crippen LogP contribution is 2.29. The number of oxime groups is 1. The zero-order valence-electron chi connectivity index (χ0n) is 12.1. The smallest absolute Gasteiger partial charge is 0.173 e. The Kier molecular flexibility index (Phi) is 6.02. The lowest BCUT2D eigenvalue weighted by molar-refractivity contribution is 0.318. The van der Waals surface area contributed by atoms with Crippen molar-refractivity contribution in [3.63, 3.8) is 0 Å². The van der Waals surface area contributed by atoms with E-state index in [2.05, 4.69) is 23.9 Å². The first-order chi connectivity index (χ1) is 9.04. The molecule has 0 aromatic heterocycles. The Morgan fingerprint density at radius 1 is 1.53 bits per heavy atom. The van der Waals surface area contributed by atoms with Crippen LogP contribution in [0, 0.1) is 5.92 Å². The highest BCUT2D eigenvalue weighted by molar-refractivity contribution is 7.98. The summed E-state index contributed by atoms with van der Waals surface area (Å²) in [6.45, 7) is 5.35. The van der Waals surface area contributed by atoms with Crippen LogP contribution in [-0.2, 0) is 0 Å². The van der Waals surface area contributed by atoms with E-state index in [4.69, 9.17) is 10.9 Å². The van der Waals surface area contributed by atoms with Gasteiger partial charge in [0.15, 0.2) is 5.84 Å². The van der Waals surface area contributed by atoms with Crippen LogP contribution in [0.4, 0.5) is 5.69 Å². The lowest BCUT2D eigenvalue weighted by Gasteiger charge is -2.26. The van der Waals surface area contributed by atoms with Gasteiger partial charge in [-0.25, -0.2) is 0 Å². The standard InChI is InChI=1S/C14H23N3OS/c1-5-10(2)9-17(3)11-7-6-8-12(19-4)13(11)14(15)16-18/h6-8,10,18H,5,9H2,1-4H3,(H2,15,16). The van der Waals surface area contributed by atoms with Gasteiger partial charge in [0.1, 0.15) is 0 Å². The van der Waals surface area contributed by atoms with Gasteiger partial charge >= 0.3 is 0 Å². The molecule has 0 aliphatic rings. The third-order valence-electron chi connectivity index (χ3n) is 3.28. The minimum Gasteiger partial charge on any atom is -0.409 e. The molecule has 1 aromatic rings. The van der Waals surface area contributed by atoms with Crippen molar-refractivity contribution in [2.24, 2.45) is 16.8 Å². The van der Waals surface area contributed by atoms with E-state index in [1.807, 2.05) is 31.5 Å². The Bertz CT molecular complexity index is 448. The molecule has 1 aromatic carbocycles. The number of anilines is 1. The fourth-order valence-corrected chi connectivity index (χ4v) is 2.64. The Balaban J connectivity index is 3.19. The number of hydrogen-bond donors (Lipinski definition) is 2. The van der Waals surface area contributed by atoms with Crippen molar-refractivity contribution >= 4 is 23.3 Å². The van der Waals surface area contributed by atoms with Crippen molar-refractivity contribution in [1.82, 2.24) is 0 Å². The molecule has 0 aliphatic carbocycles. The third-order valence-corrected chi connectivity index (χ3v) is 4.06. The normalized spacial score (nSPS) is 13.4. The molecule has 0 bridgehead atoms. The van der Waals surface area contributed by atoms with E-state index in [0.29, 0.717) is 5.92 Å². The zero-order chi connectivity index (χ0) is 14.4. The largest absolute Gasteiger partial charge is 0.409 e. The van der Waals surface area contributed by atoms with Gasteiger partial charge in [0.2, 0.25) is 0 Å². The van der Waals surface area contributed by atoms with Gasteiger partial charge in [0, 0.05) is 24.2 Å². The summed E-state index contributed by atoms with van der Waals surface area (Å²) >= 11 is 1.60. The number of benzene rings is 1. The molecule has 3 N–H and O–H groups in total. The van der Waals surface area contributed by atoms with Gasteiger partial charge in [0.05, 0.1) is 5.56 Å². The maximum Gasteiger partial charge on any atom is 0.173 e. The molecule has 5 heteroatoms. The van der Waals surface area contributed by atoms with E-state index in [9.17, 15) is 0 Å². The molecule has 0 saturated heterocycles. The molecule has 0 spiro atoms. The number of rotatable bonds is 6. The van der Waals surface area contributed by atoms with Crippen molar-refractivity contribution in [1.29, 1.82) is 0 Å². The summed E-state index contributed by atoms with van der Waals surface area (Å²) in [6, 6.07) is 6.00. The number of nitrogens with two attached hydrogens (primary N) is 1. The molecule has 1 atom stereocenters. The van der Waals surface area contributed by atoms with E-state index in [-0.39, 0.29) is 5.84 Å². The van der Waals surface area contributed by atoms with Crippen molar-refractivity contribution in [2.75, 3.05) is 24.7 Å². The first-order valence-electron chi connectivity index (χ1n) is 6.41. The molecule has 19 heavy (non-hydrogen) atoms. The first kappa shape index (κ1) is 15.7. The molecule has 0 amide bonds. The summed E-state index contributed by atoms with van der Waals surface area (Å²) in [5.74, 6) is 0.763. The van der Waals surface area contributed by atoms with Crippen LogP contribution < -0.4 is 10.6 Å². The molecule has 0 saturated carbocycles. The molecular weight excluding hydrogens is 258 g/mol. The second-order valence-corrected chi connectivity index (χ2v) is 5.58. The number of nitrogens with zero attached hydrogens (tertiary/aromatic N) is 2. The minimum absolute atomic E-state index is 0.163. The van der Waals surface area contributed by atoms with Crippen molar-refractivity contribution in [2.45, 2.75) is 25.2 Å². The average molecular weight is 281 g/mol. The summed E-state index contributed by atoms with van der Waals surface area (Å²) in [4.78, 5) is 3.19. The molecule has 0 heterocycles. The Morgan fingerprint density at radius 3 is 2.74 bits per heavy atom. The number of amidine groups is 1. The Morgan fingerprint density at radius 2 is 2.21 bits per heavy atom. The van der Waals surface area contributed by atoms with Gasteiger partial charge < -0.3 is 15.8 Å².